The van der Waals surface area contributed by atoms with Gasteiger partial charge < -0.3 is 16.2 Å². The van der Waals surface area contributed by atoms with Crippen molar-refractivity contribution in [2.24, 2.45) is 5.73 Å². The molecule has 0 saturated carbocycles. The minimum atomic E-state index is -1.21. The Morgan fingerprint density at radius 1 is 1.40 bits per heavy atom. The van der Waals surface area contributed by atoms with Crippen molar-refractivity contribution in [3.05, 3.63) is 31.8 Å². The lowest BCUT2D eigenvalue weighted by Crippen LogP contribution is -2.41. The zero-order valence-corrected chi connectivity index (χ0v) is 14.0. The first kappa shape index (κ1) is 16.9. The van der Waals surface area contributed by atoms with Gasteiger partial charge in [0.1, 0.15) is 6.04 Å². The minimum Gasteiger partial charge on any atom is -0.480 e. The summed E-state index contributed by atoms with van der Waals surface area (Å²) in [6.45, 7) is 0. The molecular weight excluding hydrogens is 443 g/mol. The first-order chi connectivity index (χ1) is 9.31. The molecule has 0 fully saturated rings. The summed E-state index contributed by atoms with van der Waals surface area (Å²) in [6, 6.07) is 3.99. The van der Waals surface area contributed by atoms with E-state index in [0.29, 0.717) is 10.0 Å². The van der Waals surface area contributed by atoms with Crippen LogP contribution < -0.4 is 11.1 Å². The molecule has 0 aliphatic carbocycles. The number of nitrogens with one attached hydrogen (secondary N) is 1. The summed E-state index contributed by atoms with van der Waals surface area (Å²) in [4.78, 5) is 33.8. The number of aliphatic carboxylic acids is 1. The molecule has 1 atom stereocenters. The Morgan fingerprint density at radius 2 is 2.05 bits per heavy atom. The summed E-state index contributed by atoms with van der Waals surface area (Å²) in [6.07, 6.45) is -0.150. The SMILES string of the molecule is NC(=O)CCC(NC(=O)c1cc(I)ccc1Br)C(=O)O. The van der Waals surface area contributed by atoms with Crippen LogP contribution in [0.2, 0.25) is 0 Å². The van der Waals surface area contributed by atoms with Gasteiger partial charge in [-0.05, 0) is 63.1 Å². The Bertz CT molecular complexity index is 550. The van der Waals surface area contributed by atoms with E-state index in [4.69, 9.17) is 10.8 Å². The zero-order valence-electron chi connectivity index (χ0n) is 10.2. The van der Waals surface area contributed by atoms with Crippen LogP contribution in [0.4, 0.5) is 0 Å². The zero-order chi connectivity index (χ0) is 15.3. The minimum absolute atomic E-state index is 0.0437. The van der Waals surface area contributed by atoms with Crippen LogP contribution in [0, 0.1) is 3.57 Å². The first-order valence-electron chi connectivity index (χ1n) is 5.58. The van der Waals surface area contributed by atoms with Gasteiger partial charge in [-0.1, -0.05) is 0 Å². The Hall–Kier alpha value is -1.16. The normalized spacial score (nSPS) is 11.7. The highest BCUT2D eigenvalue weighted by atomic mass is 127. The highest BCUT2D eigenvalue weighted by molar-refractivity contribution is 14.1. The van der Waals surface area contributed by atoms with Gasteiger partial charge in [-0.15, -0.1) is 0 Å². The molecule has 108 valence electrons. The molecule has 0 heterocycles. The monoisotopic (exact) mass is 454 g/mol. The van der Waals surface area contributed by atoms with E-state index in [1.165, 1.54) is 0 Å². The van der Waals surface area contributed by atoms with Gasteiger partial charge >= 0.3 is 5.97 Å². The molecule has 8 heteroatoms. The van der Waals surface area contributed by atoms with E-state index in [0.717, 1.165) is 3.57 Å². The summed E-state index contributed by atoms with van der Waals surface area (Å²) in [5.74, 6) is -2.34. The van der Waals surface area contributed by atoms with Gasteiger partial charge in [-0.3, -0.25) is 9.59 Å². The number of primary amides is 1. The maximum atomic E-state index is 12.1. The molecule has 0 bridgehead atoms. The van der Waals surface area contributed by atoms with Crippen molar-refractivity contribution in [1.82, 2.24) is 5.32 Å². The predicted octanol–water partition coefficient (Wildman–Crippen LogP) is 1.50. The van der Waals surface area contributed by atoms with Crippen LogP contribution in [-0.2, 0) is 9.59 Å². The summed E-state index contributed by atoms with van der Waals surface area (Å²) < 4.78 is 1.41. The first-order valence-corrected chi connectivity index (χ1v) is 7.45. The summed E-state index contributed by atoms with van der Waals surface area (Å²) in [7, 11) is 0. The lowest BCUT2D eigenvalue weighted by Gasteiger charge is -2.14. The molecule has 1 rings (SSSR count). The van der Waals surface area contributed by atoms with Gasteiger partial charge in [0.05, 0.1) is 5.56 Å². The fourth-order valence-corrected chi connectivity index (χ4v) is 2.37. The number of halogens is 2. The Kier molecular flexibility index (Phi) is 6.40. The number of hydrogen-bond donors (Lipinski definition) is 3. The van der Waals surface area contributed by atoms with Crippen molar-refractivity contribution in [2.45, 2.75) is 18.9 Å². The topological polar surface area (TPSA) is 109 Å². The number of amides is 2. The van der Waals surface area contributed by atoms with Crippen LogP contribution in [0.15, 0.2) is 22.7 Å². The quantitative estimate of drug-likeness (QED) is 0.566. The molecular formula is C12H12BrIN2O4. The molecule has 0 aliphatic rings. The van der Waals surface area contributed by atoms with Gasteiger partial charge in [-0.25, -0.2) is 4.79 Å². The van der Waals surface area contributed by atoms with Crippen LogP contribution in [0.25, 0.3) is 0 Å². The van der Waals surface area contributed by atoms with E-state index >= 15 is 0 Å². The molecule has 2 amide bonds. The Labute approximate surface area is 137 Å². The molecule has 4 N–H and O–H groups in total. The third-order valence-corrected chi connectivity index (χ3v) is 3.82. The maximum absolute atomic E-state index is 12.1. The van der Waals surface area contributed by atoms with Crippen LogP contribution in [0.5, 0.6) is 0 Å². The van der Waals surface area contributed by atoms with Crippen LogP contribution in [0.1, 0.15) is 23.2 Å². The second-order valence-electron chi connectivity index (χ2n) is 3.99. The summed E-state index contributed by atoms with van der Waals surface area (Å²) in [5.41, 5.74) is 5.31. The number of benzene rings is 1. The van der Waals surface area contributed by atoms with Gasteiger partial charge in [0.2, 0.25) is 5.91 Å². The van der Waals surface area contributed by atoms with E-state index in [-0.39, 0.29) is 12.8 Å². The molecule has 0 aliphatic heterocycles. The molecule has 0 spiro atoms. The fraction of sp³-hybridized carbons (Fsp3) is 0.250. The number of hydrogen-bond acceptors (Lipinski definition) is 3. The number of carboxylic acid groups (broad SMARTS) is 1. The second-order valence-corrected chi connectivity index (χ2v) is 6.09. The largest absolute Gasteiger partial charge is 0.480 e. The molecule has 1 aromatic carbocycles. The Morgan fingerprint density at radius 3 is 2.60 bits per heavy atom. The van der Waals surface area contributed by atoms with Crippen molar-refractivity contribution < 1.29 is 19.5 Å². The molecule has 6 nitrogen and oxygen atoms in total. The van der Waals surface area contributed by atoms with E-state index in [2.05, 4.69) is 21.2 Å². The van der Waals surface area contributed by atoms with Crippen molar-refractivity contribution >= 4 is 56.3 Å². The average molecular weight is 455 g/mol. The number of nitrogens with two attached hydrogens (primary N) is 1. The van der Waals surface area contributed by atoms with Crippen LogP contribution in [0.3, 0.4) is 0 Å². The third-order valence-electron chi connectivity index (χ3n) is 2.46. The number of carbonyl (C=O) groups is 3. The number of carboxylic acids is 1. The highest BCUT2D eigenvalue weighted by Crippen LogP contribution is 2.19. The molecule has 1 aromatic rings. The van der Waals surface area contributed by atoms with E-state index < -0.39 is 23.8 Å². The van der Waals surface area contributed by atoms with E-state index in [9.17, 15) is 14.4 Å². The predicted molar refractivity (Wildman–Crippen MR) is 84.2 cm³/mol. The van der Waals surface area contributed by atoms with Crippen molar-refractivity contribution in [1.29, 1.82) is 0 Å². The van der Waals surface area contributed by atoms with Crippen molar-refractivity contribution in [3.63, 3.8) is 0 Å². The molecule has 1 unspecified atom stereocenters. The maximum Gasteiger partial charge on any atom is 0.326 e. The standard InChI is InChI=1S/C12H12BrIN2O4/c13-8-2-1-6(14)5-7(8)11(18)16-9(12(19)20)3-4-10(15)17/h1-2,5,9H,3-4H2,(H2,15,17)(H,16,18)(H,19,20). The fourth-order valence-electron chi connectivity index (χ4n) is 1.45. The molecule has 0 radical (unpaired) electrons. The average Bonchev–Trinajstić information content (AvgIpc) is 2.36. The van der Waals surface area contributed by atoms with Crippen molar-refractivity contribution in [3.8, 4) is 0 Å². The van der Waals surface area contributed by atoms with Crippen molar-refractivity contribution in [2.75, 3.05) is 0 Å². The second kappa shape index (κ2) is 7.58. The number of rotatable bonds is 6. The van der Waals surface area contributed by atoms with Gasteiger partial charge in [0, 0.05) is 14.5 Å². The van der Waals surface area contributed by atoms with Crippen LogP contribution in [-0.4, -0.2) is 28.9 Å². The molecule has 20 heavy (non-hydrogen) atoms. The molecule has 0 aromatic heterocycles. The van der Waals surface area contributed by atoms with Gasteiger partial charge in [0.15, 0.2) is 0 Å². The van der Waals surface area contributed by atoms with Crippen LogP contribution >= 0.6 is 38.5 Å². The van der Waals surface area contributed by atoms with E-state index in [1.807, 2.05) is 28.7 Å². The lowest BCUT2D eigenvalue weighted by molar-refractivity contribution is -0.139. The smallest absolute Gasteiger partial charge is 0.326 e. The number of carbonyl (C=O) groups excluding carboxylic acids is 2. The Balaban J connectivity index is 2.82. The molecule has 0 saturated heterocycles. The van der Waals surface area contributed by atoms with Gasteiger partial charge in [0.25, 0.3) is 5.91 Å². The summed E-state index contributed by atoms with van der Waals surface area (Å²) in [5, 5.41) is 11.4. The third kappa shape index (κ3) is 5.08. The highest BCUT2D eigenvalue weighted by Gasteiger charge is 2.22. The lowest BCUT2D eigenvalue weighted by atomic mass is 10.1. The van der Waals surface area contributed by atoms with E-state index in [1.54, 1.807) is 12.1 Å². The van der Waals surface area contributed by atoms with Gasteiger partial charge in [-0.2, -0.15) is 0 Å². The summed E-state index contributed by atoms with van der Waals surface area (Å²) >= 11 is 5.28.